The van der Waals surface area contributed by atoms with Crippen molar-refractivity contribution in [3.63, 3.8) is 0 Å². The van der Waals surface area contributed by atoms with Crippen molar-refractivity contribution < 1.29 is 4.39 Å². The Morgan fingerprint density at radius 1 is 1.33 bits per heavy atom. The molecule has 0 fully saturated rings. The molecule has 2 nitrogen and oxygen atoms in total. The minimum absolute atomic E-state index is 0.250. The lowest BCUT2D eigenvalue weighted by atomic mass is 10.3. The van der Waals surface area contributed by atoms with Crippen molar-refractivity contribution in [2.24, 2.45) is 0 Å². The fourth-order valence-electron chi connectivity index (χ4n) is 1.58. The van der Waals surface area contributed by atoms with Crippen molar-refractivity contribution in [3.8, 4) is 0 Å². The summed E-state index contributed by atoms with van der Waals surface area (Å²) in [5.74, 6) is -0.250. The first-order valence-electron chi connectivity index (χ1n) is 5.24. The number of anilines is 1. The van der Waals surface area contributed by atoms with E-state index in [1.807, 2.05) is 11.4 Å². The van der Waals surface area contributed by atoms with Crippen LogP contribution in [0.2, 0.25) is 0 Å². The normalized spacial score (nSPS) is 11.0. The van der Waals surface area contributed by atoms with Gasteiger partial charge >= 0.3 is 0 Å². The molecule has 1 N–H and O–H groups in total. The minimum Gasteiger partial charge on any atom is -0.357 e. The van der Waals surface area contributed by atoms with Crippen LogP contribution < -0.4 is 5.32 Å². The van der Waals surface area contributed by atoms with Gasteiger partial charge in [0.15, 0.2) is 5.13 Å². The highest BCUT2D eigenvalue weighted by molar-refractivity contribution is 9.10. The standard InChI is InChI=1S/C12H8BrFN2S2/c13-8-3-4-17-11(8)6-15-12-16-9-5-7(14)1-2-10(9)18-12/h1-5H,6H2,(H,15,16). The molecule has 0 saturated heterocycles. The molecular formula is C12H8BrFN2S2. The SMILES string of the molecule is Fc1ccc2sc(NCc3sccc3Br)nc2c1. The molecule has 0 amide bonds. The van der Waals surface area contributed by atoms with Gasteiger partial charge in [0.2, 0.25) is 0 Å². The summed E-state index contributed by atoms with van der Waals surface area (Å²) in [6, 6.07) is 6.70. The second-order valence-corrected chi connectivity index (χ2v) is 6.56. The topological polar surface area (TPSA) is 24.9 Å². The molecule has 18 heavy (non-hydrogen) atoms. The molecule has 0 unspecified atom stereocenters. The zero-order valence-corrected chi connectivity index (χ0v) is 12.3. The van der Waals surface area contributed by atoms with Gasteiger partial charge in [0.1, 0.15) is 5.82 Å². The van der Waals surface area contributed by atoms with Crippen molar-refractivity contribution in [3.05, 3.63) is 44.8 Å². The van der Waals surface area contributed by atoms with E-state index in [2.05, 4.69) is 26.2 Å². The average Bonchev–Trinajstić information content (AvgIpc) is 2.92. The summed E-state index contributed by atoms with van der Waals surface area (Å²) in [7, 11) is 0. The molecule has 0 saturated carbocycles. The van der Waals surface area contributed by atoms with E-state index < -0.39 is 0 Å². The molecule has 6 heteroatoms. The molecule has 0 radical (unpaired) electrons. The molecule has 3 rings (SSSR count). The summed E-state index contributed by atoms with van der Waals surface area (Å²) in [4.78, 5) is 5.58. The largest absolute Gasteiger partial charge is 0.357 e. The van der Waals surface area contributed by atoms with E-state index in [4.69, 9.17) is 0 Å². The van der Waals surface area contributed by atoms with Gasteiger partial charge in [0, 0.05) is 15.4 Å². The maximum absolute atomic E-state index is 13.0. The first-order valence-corrected chi connectivity index (χ1v) is 7.73. The van der Waals surface area contributed by atoms with Crippen molar-refractivity contribution in [2.75, 3.05) is 5.32 Å². The predicted octanol–water partition coefficient (Wildman–Crippen LogP) is 4.87. The van der Waals surface area contributed by atoms with E-state index in [1.54, 1.807) is 17.4 Å². The van der Waals surface area contributed by atoms with Crippen LogP contribution in [0.5, 0.6) is 0 Å². The smallest absolute Gasteiger partial charge is 0.184 e. The van der Waals surface area contributed by atoms with E-state index in [-0.39, 0.29) is 5.82 Å². The number of thiazole rings is 1. The average molecular weight is 343 g/mol. The predicted molar refractivity (Wildman–Crippen MR) is 78.9 cm³/mol. The van der Waals surface area contributed by atoms with Crippen LogP contribution >= 0.6 is 38.6 Å². The summed E-state index contributed by atoms with van der Waals surface area (Å²) in [5, 5.41) is 6.11. The van der Waals surface area contributed by atoms with Crippen molar-refractivity contribution in [2.45, 2.75) is 6.54 Å². The van der Waals surface area contributed by atoms with Crippen LogP contribution in [0.4, 0.5) is 9.52 Å². The zero-order chi connectivity index (χ0) is 12.5. The van der Waals surface area contributed by atoms with Gasteiger partial charge in [-0.3, -0.25) is 0 Å². The van der Waals surface area contributed by atoms with Gasteiger partial charge in [-0.25, -0.2) is 9.37 Å². The fraction of sp³-hybridized carbons (Fsp3) is 0.0833. The molecule has 0 aliphatic carbocycles. The molecule has 0 bridgehead atoms. The highest BCUT2D eigenvalue weighted by Crippen LogP contribution is 2.28. The second kappa shape index (κ2) is 4.95. The number of hydrogen-bond acceptors (Lipinski definition) is 4. The Kier molecular flexibility index (Phi) is 3.32. The van der Waals surface area contributed by atoms with E-state index in [9.17, 15) is 4.39 Å². The molecule has 92 valence electrons. The lowest BCUT2D eigenvalue weighted by Gasteiger charge is -1.99. The Bertz CT molecular complexity index is 692. The van der Waals surface area contributed by atoms with Gasteiger partial charge in [0.25, 0.3) is 0 Å². The number of fused-ring (bicyclic) bond motifs is 1. The lowest BCUT2D eigenvalue weighted by Crippen LogP contribution is -1.96. The minimum atomic E-state index is -0.250. The maximum atomic E-state index is 13.0. The van der Waals surface area contributed by atoms with E-state index >= 15 is 0 Å². The third-order valence-electron chi connectivity index (χ3n) is 2.44. The Morgan fingerprint density at radius 3 is 3.00 bits per heavy atom. The maximum Gasteiger partial charge on any atom is 0.184 e. The van der Waals surface area contributed by atoms with Gasteiger partial charge in [-0.05, 0) is 39.5 Å². The molecule has 0 aliphatic rings. The molecular weight excluding hydrogens is 335 g/mol. The van der Waals surface area contributed by atoms with E-state index in [0.717, 1.165) is 20.8 Å². The number of benzene rings is 1. The number of nitrogens with zero attached hydrogens (tertiary/aromatic N) is 1. The molecule has 0 atom stereocenters. The van der Waals surface area contributed by atoms with Crippen LogP contribution in [0.25, 0.3) is 10.2 Å². The Balaban J connectivity index is 1.81. The van der Waals surface area contributed by atoms with Crippen LogP contribution in [0.1, 0.15) is 4.88 Å². The van der Waals surface area contributed by atoms with E-state index in [1.165, 1.54) is 28.3 Å². The summed E-state index contributed by atoms with van der Waals surface area (Å²) in [6.45, 7) is 0.723. The molecule has 3 aromatic rings. The number of hydrogen-bond donors (Lipinski definition) is 1. The van der Waals surface area contributed by atoms with E-state index in [0.29, 0.717) is 5.52 Å². The van der Waals surface area contributed by atoms with Crippen molar-refractivity contribution in [1.29, 1.82) is 0 Å². The Labute approximate surface area is 120 Å². The first-order chi connectivity index (χ1) is 8.72. The Hall–Kier alpha value is -0.980. The lowest BCUT2D eigenvalue weighted by molar-refractivity contribution is 0.629. The number of halogens is 2. The number of aromatic nitrogens is 1. The highest BCUT2D eigenvalue weighted by Gasteiger charge is 2.06. The first kappa shape index (κ1) is 12.1. The molecule has 2 heterocycles. The monoisotopic (exact) mass is 342 g/mol. The molecule has 0 spiro atoms. The summed E-state index contributed by atoms with van der Waals surface area (Å²) in [5.41, 5.74) is 0.702. The fourth-order valence-corrected chi connectivity index (χ4v) is 3.86. The summed E-state index contributed by atoms with van der Waals surface area (Å²) in [6.07, 6.45) is 0. The highest BCUT2D eigenvalue weighted by atomic mass is 79.9. The molecule has 2 aromatic heterocycles. The zero-order valence-electron chi connectivity index (χ0n) is 9.11. The summed E-state index contributed by atoms with van der Waals surface area (Å²) >= 11 is 6.71. The Morgan fingerprint density at radius 2 is 2.22 bits per heavy atom. The molecule has 0 aliphatic heterocycles. The van der Waals surface area contributed by atoms with Crippen LogP contribution in [0, 0.1) is 5.82 Å². The van der Waals surface area contributed by atoms with Crippen LogP contribution in [-0.2, 0) is 6.54 Å². The van der Waals surface area contributed by atoms with Gasteiger partial charge in [-0.2, -0.15) is 0 Å². The van der Waals surface area contributed by atoms with Gasteiger partial charge in [-0.1, -0.05) is 11.3 Å². The number of rotatable bonds is 3. The number of thiophene rings is 1. The summed E-state index contributed by atoms with van der Waals surface area (Å²) < 4.78 is 15.1. The number of nitrogens with one attached hydrogen (secondary N) is 1. The van der Waals surface area contributed by atoms with Gasteiger partial charge in [0.05, 0.1) is 16.8 Å². The second-order valence-electron chi connectivity index (χ2n) is 3.68. The van der Waals surface area contributed by atoms with Crippen LogP contribution in [0.3, 0.4) is 0 Å². The van der Waals surface area contributed by atoms with Crippen LogP contribution in [0.15, 0.2) is 34.1 Å². The third-order valence-corrected chi connectivity index (χ3v) is 5.36. The molecule has 1 aromatic carbocycles. The van der Waals surface area contributed by atoms with Crippen molar-refractivity contribution >= 4 is 54.0 Å². The van der Waals surface area contributed by atoms with Gasteiger partial charge in [-0.15, -0.1) is 11.3 Å². The quantitative estimate of drug-likeness (QED) is 0.734. The van der Waals surface area contributed by atoms with Crippen LogP contribution in [-0.4, -0.2) is 4.98 Å². The van der Waals surface area contributed by atoms with Gasteiger partial charge < -0.3 is 5.32 Å². The third kappa shape index (κ3) is 2.41. The van der Waals surface area contributed by atoms with Crippen molar-refractivity contribution in [1.82, 2.24) is 4.98 Å².